The molecule has 13 heteroatoms. The molecule has 3 heterocycles. The number of nitrogens with one attached hydrogen (secondary N) is 2. The van der Waals surface area contributed by atoms with Crippen LogP contribution >= 0.6 is 0 Å². The molecule has 49 heavy (non-hydrogen) atoms. The number of aromatic nitrogens is 1. The van der Waals surface area contributed by atoms with Crippen LogP contribution in [0.2, 0.25) is 0 Å². The molecule has 2 N–H and O–H groups in total. The molecule has 4 aliphatic rings. The Hall–Kier alpha value is -4.65. The fourth-order valence-corrected chi connectivity index (χ4v) is 8.39. The summed E-state index contributed by atoms with van der Waals surface area (Å²) in [7, 11) is -0.484. The third-order valence-corrected chi connectivity index (χ3v) is 11.8. The Bertz CT molecular complexity index is 1920. The number of pyridine rings is 1. The molecule has 0 bridgehead atoms. The number of hydrogen-bond donors (Lipinski definition) is 2. The number of rotatable bonds is 7. The minimum atomic E-state index is -3.83. The van der Waals surface area contributed by atoms with Gasteiger partial charge in [0.25, 0.3) is 5.91 Å². The van der Waals surface area contributed by atoms with Crippen LogP contribution in [0.1, 0.15) is 44.9 Å². The number of ether oxygens (including phenoxy) is 2. The highest BCUT2D eigenvalue weighted by atomic mass is 32.2. The first-order chi connectivity index (χ1) is 23.6. The van der Waals surface area contributed by atoms with E-state index in [1.807, 2.05) is 60.7 Å². The molecule has 258 valence electrons. The molecule has 7 rings (SSSR count). The van der Waals surface area contributed by atoms with Crippen molar-refractivity contribution in [2.45, 2.75) is 67.9 Å². The fraction of sp³-hybridized carbons (Fsp3) is 0.444. The van der Waals surface area contributed by atoms with Crippen molar-refractivity contribution >= 4 is 38.6 Å². The molecule has 0 radical (unpaired) electrons. The number of hydrogen-bond acceptors (Lipinski definition) is 8. The molecule has 2 saturated carbocycles. The molecular formula is C36H41N5O7S. The average molecular weight is 688 g/mol. The van der Waals surface area contributed by atoms with Crippen LogP contribution < -0.4 is 19.5 Å². The van der Waals surface area contributed by atoms with Gasteiger partial charge >= 0.3 is 6.03 Å². The molecule has 2 aliphatic carbocycles. The number of allylic oxidation sites excluding steroid dienone is 1. The van der Waals surface area contributed by atoms with Gasteiger partial charge in [-0.25, -0.2) is 18.2 Å². The lowest BCUT2D eigenvalue weighted by atomic mass is 9.98. The van der Waals surface area contributed by atoms with Gasteiger partial charge in [0.1, 0.15) is 23.4 Å². The summed E-state index contributed by atoms with van der Waals surface area (Å²) in [5.74, 6) is -0.552. The minimum Gasteiger partial charge on any atom is -0.496 e. The van der Waals surface area contributed by atoms with E-state index >= 15 is 0 Å². The standard InChI is InChI=1S/C36H41N5O7S/c1-40-19-9-4-3-8-12-24-21-36(24,34(43)39-49(45,46)26-13-14-26)38-32(42)29-20-25(22-41(29)35(40)44)48-33-28-15-16-30(47-2)31(27(28)17-18-37-33)23-10-6-5-7-11-23/h5-8,10-12,15-18,24-26,29H,3-4,9,13-14,19-22H2,1-2H3,(H,38,42)(H,39,43). The number of nitrogens with zero attached hydrogens (tertiary/aromatic N) is 3. The lowest BCUT2D eigenvalue weighted by Crippen LogP contribution is -2.57. The van der Waals surface area contributed by atoms with Gasteiger partial charge in [0.05, 0.1) is 18.9 Å². The minimum absolute atomic E-state index is 0.125. The van der Waals surface area contributed by atoms with Gasteiger partial charge in [0, 0.05) is 48.5 Å². The molecule has 12 nitrogen and oxygen atoms in total. The Labute approximate surface area is 285 Å². The molecule has 3 aromatic rings. The summed E-state index contributed by atoms with van der Waals surface area (Å²) in [4.78, 5) is 49.1. The number of sulfonamides is 1. The predicted molar refractivity (Wildman–Crippen MR) is 183 cm³/mol. The van der Waals surface area contributed by atoms with Crippen molar-refractivity contribution in [3.05, 3.63) is 66.9 Å². The molecular weight excluding hydrogens is 646 g/mol. The first-order valence-corrected chi connectivity index (χ1v) is 18.4. The normalized spacial score (nSPS) is 26.0. The summed E-state index contributed by atoms with van der Waals surface area (Å²) >= 11 is 0. The molecule has 4 amide bonds. The number of carbonyl (C=O) groups excluding carboxylic acids is 3. The van der Waals surface area contributed by atoms with Crippen LogP contribution in [0.4, 0.5) is 4.79 Å². The summed E-state index contributed by atoms with van der Waals surface area (Å²) in [5.41, 5.74) is 0.454. The van der Waals surface area contributed by atoms with Gasteiger partial charge in [0.2, 0.25) is 21.8 Å². The van der Waals surface area contributed by atoms with Gasteiger partial charge in [0.15, 0.2) is 0 Å². The van der Waals surface area contributed by atoms with Crippen LogP contribution in [0.25, 0.3) is 21.9 Å². The summed E-state index contributed by atoms with van der Waals surface area (Å²) in [6.45, 7) is 0.645. The number of amides is 4. The van der Waals surface area contributed by atoms with Crippen LogP contribution in [0, 0.1) is 5.92 Å². The number of benzene rings is 2. The molecule has 3 fully saturated rings. The van der Waals surface area contributed by atoms with Gasteiger partial charge in [-0.1, -0.05) is 42.5 Å². The maximum atomic E-state index is 14.1. The van der Waals surface area contributed by atoms with E-state index in [0.717, 1.165) is 41.2 Å². The van der Waals surface area contributed by atoms with Crippen molar-refractivity contribution < 1.29 is 32.3 Å². The van der Waals surface area contributed by atoms with Crippen molar-refractivity contribution in [2.75, 3.05) is 27.2 Å². The lowest BCUT2D eigenvalue weighted by Gasteiger charge is -2.30. The van der Waals surface area contributed by atoms with Gasteiger partial charge in [-0.2, -0.15) is 0 Å². The Balaban J connectivity index is 1.18. The third kappa shape index (κ3) is 6.43. The van der Waals surface area contributed by atoms with Crippen LogP contribution in [-0.4, -0.2) is 91.2 Å². The topological polar surface area (TPSA) is 147 Å². The Morgan fingerprint density at radius 1 is 1.06 bits per heavy atom. The van der Waals surface area contributed by atoms with Crippen molar-refractivity contribution in [3.8, 4) is 22.8 Å². The van der Waals surface area contributed by atoms with E-state index in [2.05, 4.69) is 15.0 Å². The van der Waals surface area contributed by atoms with Crippen LogP contribution in [-0.2, 0) is 19.6 Å². The van der Waals surface area contributed by atoms with Gasteiger partial charge in [-0.3, -0.25) is 14.3 Å². The second kappa shape index (κ2) is 13.0. The number of urea groups is 1. The summed E-state index contributed by atoms with van der Waals surface area (Å²) in [6.07, 6.45) is 8.72. The van der Waals surface area contributed by atoms with E-state index in [1.165, 1.54) is 4.90 Å². The SMILES string of the molecule is COc1ccc2c(OC3CC4C(=O)NC5(C(=O)NS(=O)(=O)C6CC6)CC5C=CCCCCN(C)C(=O)N4C3)nccc2c1-c1ccccc1. The zero-order valence-corrected chi connectivity index (χ0v) is 28.4. The quantitative estimate of drug-likeness (QED) is 0.355. The number of methoxy groups -OCH3 is 1. The van der Waals surface area contributed by atoms with Gasteiger partial charge < -0.3 is 24.6 Å². The highest BCUT2D eigenvalue weighted by Gasteiger charge is 2.62. The van der Waals surface area contributed by atoms with Crippen molar-refractivity contribution in [3.63, 3.8) is 0 Å². The first kappa shape index (κ1) is 32.9. The van der Waals surface area contributed by atoms with E-state index < -0.39 is 44.8 Å². The average Bonchev–Trinajstić information content (AvgIpc) is 4.02. The van der Waals surface area contributed by atoms with Crippen molar-refractivity contribution in [2.24, 2.45) is 5.92 Å². The highest BCUT2D eigenvalue weighted by Crippen LogP contribution is 2.46. The number of carbonyl (C=O) groups is 3. The summed E-state index contributed by atoms with van der Waals surface area (Å²) < 4.78 is 39.9. The maximum absolute atomic E-state index is 14.1. The van der Waals surface area contributed by atoms with E-state index in [-0.39, 0.29) is 31.3 Å². The van der Waals surface area contributed by atoms with Crippen LogP contribution in [0.3, 0.4) is 0 Å². The largest absolute Gasteiger partial charge is 0.496 e. The second-order valence-corrected chi connectivity index (χ2v) is 15.4. The van der Waals surface area contributed by atoms with Gasteiger partial charge in [-0.15, -0.1) is 0 Å². The predicted octanol–water partition coefficient (Wildman–Crippen LogP) is 4.01. The monoisotopic (exact) mass is 687 g/mol. The van der Waals surface area contributed by atoms with E-state index in [0.29, 0.717) is 31.0 Å². The fourth-order valence-electron chi connectivity index (χ4n) is 7.03. The lowest BCUT2D eigenvalue weighted by molar-refractivity contribution is -0.131. The molecule has 4 atom stereocenters. The molecule has 1 saturated heterocycles. The zero-order valence-electron chi connectivity index (χ0n) is 27.6. The smallest absolute Gasteiger partial charge is 0.320 e. The third-order valence-electron chi connectivity index (χ3n) is 10.0. The van der Waals surface area contributed by atoms with Crippen LogP contribution in [0.15, 0.2) is 66.9 Å². The number of fused-ring (bicyclic) bond motifs is 3. The molecule has 4 unspecified atom stereocenters. The second-order valence-electron chi connectivity index (χ2n) is 13.4. The molecule has 0 spiro atoms. The van der Waals surface area contributed by atoms with Crippen molar-refractivity contribution in [1.29, 1.82) is 0 Å². The summed E-state index contributed by atoms with van der Waals surface area (Å²) in [5, 5.41) is 3.94. The Morgan fingerprint density at radius 3 is 2.61 bits per heavy atom. The van der Waals surface area contributed by atoms with Crippen molar-refractivity contribution in [1.82, 2.24) is 24.8 Å². The Kier molecular flexibility index (Phi) is 8.72. The first-order valence-electron chi connectivity index (χ1n) is 16.9. The van der Waals surface area contributed by atoms with E-state index in [1.54, 1.807) is 25.3 Å². The highest BCUT2D eigenvalue weighted by molar-refractivity contribution is 7.91. The molecule has 1 aromatic heterocycles. The van der Waals surface area contributed by atoms with Crippen LogP contribution in [0.5, 0.6) is 11.6 Å². The zero-order chi connectivity index (χ0) is 34.3. The Morgan fingerprint density at radius 2 is 1.86 bits per heavy atom. The molecule has 2 aliphatic heterocycles. The maximum Gasteiger partial charge on any atom is 0.320 e. The summed E-state index contributed by atoms with van der Waals surface area (Å²) in [6, 6.07) is 14.3. The van der Waals surface area contributed by atoms with E-state index in [4.69, 9.17) is 9.47 Å². The molecule has 2 aromatic carbocycles. The van der Waals surface area contributed by atoms with Gasteiger partial charge in [-0.05, 0) is 62.3 Å². The van der Waals surface area contributed by atoms with E-state index in [9.17, 15) is 22.8 Å².